The van der Waals surface area contributed by atoms with Crippen LogP contribution in [0.15, 0.2) is 41.3 Å². The normalized spacial score (nSPS) is 11.6. The molecule has 2 rings (SSSR count). The van der Waals surface area contributed by atoms with Crippen molar-refractivity contribution in [2.45, 2.75) is 11.8 Å². The van der Waals surface area contributed by atoms with Gasteiger partial charge in [0.2, 0.25) is 10.0 Å². The molecule has 0 saturated heterocycles. The van der Waals surface area contributed by atoms with E-state index in [4.69, 9.17) is 0 Å². The van der Waals surface area contributed by atoms with Gasteiger partial charge in [-0.15, -0.1) is 0 Å². The van der Waals surface area contributed by atoms with Crippen molar-refractivity contribution in [3.8, 4) is 0 Å². The number of aryl methyl sites for hydroxylation is 1. The second-order valence-electron chi connectivity index (χ2n) is 5.38. The van der Waals surface area contributed by atoms with Gasteiger partial charge in [-0.2, -0.15) is 0 Å². The molecule has 0 spiro atoms. The molecule has 0 heterocycles. The molecule has 0 bridgehead atoms. The summed E-state index contributed by atoms with van der Waals surface area (Å²) in [5.74, 6) is -2.49. The number of sulfonamides is 1. The minimum Gasteiger partial charge on any atom is -0.322 e. The van der Waals surface area contributed by atoms with Crippen LogP contribution in [-0.2, 0) is 10.0 Å². The Morgan fingerprint density at radius 2 is 1.62 bits per heavy atom. The topological polar surface area (TPSA) is 66.5 Å². The van der Waals surface area contributed by atoms with Crippen molar-refractivity contribution >= 4 is 21.6 Å². The van der Waals surface area contributed by atoms with E-state index in [9.17, 15) is 22.0 Å². The summed E-state index contributed by atoms with van der Waals surface area (Å²) in [6, 6.07) is 6.72. The fourth-order valence-corrected chi connectivity index (χ4v) is 2.91. The van der Waals surface area contributed by atoms with Crippen LogP contribution in [0.5, 0.6) is 0 Å². The number of carbonyl (C=O) groups excluding carboxylic acids is 1. The number of hydrogen-bond donors (Lipinski definition) is 1. The third-order valence-electron chi connectivity index (χ3n) is 3.36. The summed E-state index contributed by atoms with van der Waals surface area (Å²) in [6.45, 7) is 1.67. The predicted molar refractivity (Wildman–Crippen MR) is 86.4 cm³/mol. The first-order valence-corrected chi connectivity index (χ1v) is 8.36. The van der Waals surface area contributed by atoms with Crippen LogP contribution in [0.25, 0.3) is 0 Å². The monoisotopic (exact) mass is 354 g/mol. The molecule has 0 fully saturated rings. The molecular formula is C16H16F2N2O3S. The molecule has 128 valence electrons. The number of nitrogens with zero attached hydrogens (tertiary/aromatic N) is 1. The Kier molecular flexibility index (Phi) is 5.00. The van der Waals surface area contributed by atoms with Gasteiger partial charge >= 0.3 is 0 Å². The highest BCUT2D eigenvalue weighted by atomic mass is 32.2. The minimum atomic E-state index is -3.67. The maximum atomic E-state index is 13.2. The summed E-state index contributed by atoms with van der Waals surface area (Å²) >= 11 is 0. The molecule has 2 aromatic carbocycles. The van der Waals surface area contributed by atoms with Crippen molar-refractivity contribution in [2.75, 3.05) is 19.4 Å². The molecule has 0 aliphatic rings. The van der Waals surface area contributed by atoms with Gasteiger partial charge in [0, 0.05) is 31.4 Å². The van der Waals surface area contributed by atoms with E-state index in [0.717, 1.165) is 16.4 Å². The van der Waals surface area contributed by atoms with E-state index in [1.807, 2.05) is 0 Å². The maximum Gasteiger partial charge on any atom is 0.255 e. The van der Waals surface area contributed by atoms with Crippen LogP contribution in [0, 0.1) is 18.6 Å². The average Bonchev–Trinajstić information content (AvgIpc) is 2.48. The maximum absolute atomic E-state index is 13.2. The van der Waals surface area contributed by atoms with Gasteiger partial charge in [0.25, 0.3) is 5.91 Å². The van der Waals surface area contributed by atoms with Crippen molar-refractivity contribution in [3.63, 3.8) is 0 Å². The van der Waals surface area contributed by atoms with Crippen LogP contribution in [0.1, 0.15) is 15.9 Å². The zero-order valence-electron chi connectivity index (χ0n) is 13.3. The van der Waals surface area contributed by atoms with E-state index in [0.29, 0.717) is 11.6 Å². The van der Waals surface area contributed by atoms with Crippen molar-refractivity contribution < 1.29 is 22.0 Å². The van der Waals surface area contributed by atoms with Crippen molar-refractivity contribution in [2.24, 2.45) is 0 Å². The van der Waals surface area contributed by atoms with Crippen LogP contribution in [0.2, 0.25) is 0 Å². The number of benzene rings is 2. The third-order valence-corrected chi connectivity index (χ3v) is 5.17. The molecule has 0 atom stereocenters. The van der Waals surface area contributed by atoms with Crippen molar-refractivity contribution in [3.05, 3.63) is 59.2 Å². The highest BCUT2D eigenvalue weighted by Crippen LogP contribution is 2.22. The molecule has 0 aliphatic carbocycles. The van der Waals surface area contributed by atoms with Gasteiger partial charge in [-0.25, -0.2) is 21.5 Å². The molecule has 0 aromatic heterocycles. The summed E-state index contributed by atoms with van der Waals surface area (Å²) in [5, 5.41) is 2.48. The Balaban J connectivity index is 2.37. The Hall–Kier alpha value is -2.32. The molecule has 24 heavy (non-hydrogen) atoms. The number of nitrogens with one attached hydrogen (secondary N) is 1. The zero-order chi connectivity index (χ0) is 18.1. The first kappa shape index (κ1) is 18.0. The number of amides is 1. The molecule has 0 radical (unpaired) electrons. The van der Waals surface area contributed by atoms with E-state index in [1.54, 1.807) is 6.92 Å². The zero-order valence-corrected chi connectivity index (χ0v) is 14.1. The second kappa shape index (κ2) is 6.66. The van der Waals surface area contributed by atoms with Crippen LogP contribution in [0.4, 0.5) is 14.5 Å². The van der Waals surface area contributed by atoms with E-state index in [-0.39, 0.29) is 16.1 Å². The lowest BCUT2D eigenvalue weighted by Gasteiger charge is -2.14. The van der Waals surface area contributed by atoms with Crippen LogP contribution >= 0.6 is 0 Å². The van der Waals surface area contributed by atoms with E-state index in [2.05, 4.69) is 5.32 Å². The van der Waals surface area contributed by atoms with Gasteiger partial charge in [0.1, 0.15) is 11.6 Å². The molecule has 1 amide bonds. The Labute approximate surface area is 139 Å². The van der Waals surface area contributed by atoms with E-state index >= 15 is 0 Å². The summed E-state index contributed by atoms with van der Waals surface area (Å²) in [4.78, 5) is 12.2. The number of anilines is 1. The quantitative estimate of drug-likeness (QED) is 0.918. The number of rotatable bonds is 4. The summed E-state index contributed by atoms with van der Waals surface area (Å²) < 4.78 is 51.8. The average molecular weight is 354 g/mol. The Morgan fingerprint density at radius 1 is 1.04 bits per heavy atom. The Morgan fingerprint density at radius 3 is 2.17 bits per heavy atom. The number of halogens is 2. The number of carbonyl (C=O) groups is 1. The van der Waals surface area contributed by atoms with Gasteiger partial charge in [0.05, 0.1) is 4.90 Å². The lowest BCUT2D eigenvalue weighted by molar-refractivity contribution is 0.102. The summed E-state index contributed by atoms with van der Waals surface area (Å²) in [5.41, 5.74) is 0.651. The fourth-order valence-electron chi connectivity index (χ4n) is 1.99. The largest absolute Gasteiger partial charge is 0.322 e. The molecule has 1 N–H and O–H groups in total. The third kappa shape index (κ3) is 3.77. The fraction of sp³-hybridized carbons (Fsp3) is 0.188. The first-order valence-electron chi connectivity index (χ1n) is 6.92. The van der Waals surface area contributed by atoms with E-state index in [1.165, 1.54) is 32.3 Å². The SMILES string of the molecule is Cc1ccc(S(=O)(=O)N(C)C)cc1NC(=O)c1cc(F)cc(F)c1. The van der Waals surface area contributed by atoms with Gasteiger partial charge in [-0.1, -0.05) is 6.07 Å². The van der Waals surface area contributed by atoms with Crippen molar-refractivity contribution in [1.82, 2.24) is 4.31 Å². The smallest absolute Gasteiger partial charge is 0.255 e. The van der Waals surface area contributed by atoms with Gasteiger partial charge < -0.3 is 5.32 Å². The lowest BCUT2D eigenvalue weighted by atomic mass is 10.1. The second-order valence-corrected chi connectivity index (χ2v) is 7.53. The molecule has 0 unspecified atom stereocenters. The Bertz CT molecular complexity index is 876. The van der Waals surface area contributed by atoms with Gasteiger partial charge in [-0.05, 0) is 36.8 Å². The molecular weight excluding hydrogens is 338 g/mol. The molecule has 0 saturated carbocycles. The highest BCUT2D eigenvalue weighted by molar-refractivity contribution is 7.89. The summed E-state index contributed by atoms with van der Waals surface area (Å²) in [7, 11) is -0.884. The summed E-state index contributed by atoms with van der Waals surface area (Å²) in [6.07, 6.45) is 0. The van der Waals surface area contributed by atoms with E-state index < -0.39 is 27.6 Å². The van der Waals surface area contributed by atoms with Crippen LogP contribution in [-0.4, -0.2) is 32.7 Å². The molecule has 5 nitrogen and oxygen atoms in total. The lowest BCUT2D eigenvalue weighted by Crippen LogP contribution is -2.22. The highest BCUT2D eigenvalue weighted by Gasteiger charge is 2.19. The standard InChI is InChI=1S/C16H16F2N2O3S/c1-10-4-5-14(24(22,23)20(2)3)9-15(10)19-16(21)11-6-12(17)8-13(18)7-11/h4-9H,1-3H3,(H,19,21). The van der Waals surface area contributed by atoms with Crippen molar-refractivity contribution in [1.29, 1.82) is 0 Å². The number of hydrogen-bond acceptors (Lipinski definition) is 3. The molecule has 2 aromatic rings. The first-order chi connectivity index (χ1) is 11.1. The predicted octanol–water partition coefficient (Wildman–Crippen LogP) is 2.78. The minimum absolute atomic E-state index is 0.00109. The van der Waals surface area contributed by atoms with Crippen LogP contribution in [0.3, 0.4) is 0 Å². The van der Waals surface area contributed by atoms with Crippen LogP contribution < -0.4 is 5.32 Å². The van der Waals surface area contributed by atoms with Gasteiger partial charge in [0.15, 0.2) is 0 Å². The molecule has 8 heteroatoms. The van der Waals surface area contributed by atoms with Gasteiger partial charge in [-0.3, -0.25) is 4.79 Å². The molecule has 0 aliphatic heterocycles.